The zero-order valence-corrected chi connectivity index (χ0v) is 9.21. The molecule has 2 heteroatoms. The predicted molar refractivity (Wildman–Crippen MR) is 61.6 cm³/mol. The van der Waals surface area contributed by atoms with Crippen LogP contribution in [0.5, 0.6) is 0 Å². The summed E-state index contributed by atoms with van der Waals surface area (Å²) in [4.78, 5) is 4.38. The highest BCUT2D eigenvalue weighted by Crippen LogP contribution is 2.05. The molecule has 0 spiro atoms. The Morgan fingerprint density at radius 2 is 2.07 bits per heavy atom. The molecule has 0 radical (unpaired) electrons. The van der Waals surface area contributed by atoms with Crippen molar-refractivity contribution in [2.24, 2.45) is 0 Å². The molecule has 0 amide bonds. The highest BCUT2D eigenvalue weighted by atomic mass is 15.0. The number of rotatable bonds is 6. The molecule has 1 N–H and O–H groups in total. The van der Waals surface area contributed by atoms with Crippen molar-refractivity contribution in [1.29, 1.82) is 0 Å². The normalized spacial score (nSPS) is 10.1. The third-order valence-electron chi connectivity index (χ3n) is 2.22. The number of pyridine rings is 1. The summed E-state index contributed by atoms with van der Waals surface area (Å²) in [6, 6.07) is 6.08. The molecule has 1 aromatic rings. The predicted octanol–water partition coefficient (Wildman–Crippen LogP) is 3.38. The van der Waals surface area contributed by atoms with Crippen molar-refractivity contribution in [1.82, 2.24) is 4.98 Å². The number of nitrogens with zero attached hydrogens (tertiary/aromatic N) is 1. The van der Waals surface area contributed by atoms with Crippen LogP contribution in [0.4, 0.5) is 5.82 Å². The van der Waals surface area contributed by atoms with E-state index in [1.54, 1.807) is 0 Å². The Morgan fingerprint density at radius 3 is 2.79 bits per heavy atom. The summed E-state index contributed by atoms with van der Waals surface area (Å²) in [5, 5.41) is 3.33. The Balaban J connectivity index is 2.18. The van der Waals surface area contributed by atoms with Gasteiger partial charge < -0.3 is 5.32 Å². The van der Waals surface area contributed by atoms with E-state index in [4.69, 9.17) is 0 Å². The molecular weight excluding hydrogens is 172 g/mol. The van der Waals surface area contributed by atoms with Gasteiger partial charge in [0.15, 0.2) is 0 Å². The minimum absolute atomic E-state index is 1.00. The first kappa shape index (κ1) is 11.0. The van der Waals surface area contributed by atoms with E-state index in [0.29, 0.717) is 0 Å². The van der Waals surface area contributed by atoms with Crippen LogP contribution in [0, 0.1) is 6.92 Å². The molecule has 0 saturated carbocycles. The van der Waals surface area contributed by atoms with Crippen molar-refractivity contribution < 1.29 is 0 Å². The number of unbranched alkanes of at least 4 members (excludes halogenated alkanes) is 3. The van der Waals surface area contributed by atoms with E-state index in [2.05, 4.69) is 17.2 Å². The Kier molecular flexibility index (Phi) is 5.05. The van der Waals surface area contributed by atoms with E-state index in [-0.39, 0.29) is 0 Å². The van der Waals surface area contributed by atoms with Crippen LogP contribution in [0.25, 0.3) is 0 Å². The van der Waals surface area contributed by atoms with Crippen LogP contribution in [-0.2, 0) is 0 Å². The third-order valence-corrected chi connectivity index (χ3v) is 2.22. The lowest BCUT2D eigenvalue weighted by atomic mass is 10.2. The van der Waals surface area contributed by atoms with Gasteiger partial charge in [-0.15, -0.1) is 0 Å². The average Bonchev–Trinajstić information content (AvgIpc) is 2.18. The van der Waals surface area contributed by atoms with Crippen molar-refractivity contribution in [2.75, 3.05) is 11.9 Å². The summed E-state index contributed by atoms with van der Waals surface area (Å²) in [5.41, 5.74) is 1.07. The van der Waals surface area contributed by atoms with Gasteiger partial charge in [0, 0.05) is 12.2 Å². The fraction of sp³-hybridized carbons (Fsp3) is 0.583. The van der Waals surface area contributed by atoms with Gasteiger partial charge in [0.2, 0.25) is 0 Å². The van der Waals surface area contributed by atoms with E-state index in [0.717, 1.165) is 18.1 Å². The number of hydrogen-bond acceptors (Lipinski definition) is 2. The maximum absolute atomic E-state index is 4.38. The number of aryl methyl sites for hydroxylation is 1. The molecule has 78 valence electrons. The minimum atomic E-state index is 1.00. The molecule has 0 saturated heterocycles. The second-order valence-corrected chi connectivity index (χ2v) is 3.65. The van der Waals surface area contributed by atoms with Crippen LogP contribution in [0.3, 0.4) is 0 Å². The van der Waals surface area contributed by atoms with Gasteiger partial charge in [0.25, 0.3) is 0 Å². The zero-order valence-electron chi connectivity index (χ0n) is 9.21. The molecular formula is C12H20N2. The van der Waals surface area contributed by atoms with Crippen LogP contribution >= 0.6 is 0 Å². The molecule has 0 aliphatic heterocycles. The third kappa shape index (κ3) is 4.26. The Morgan fingerprint density at radius 1 is 1.21 bits per heavy atom. The van der Waals surface area contributed by atoms with Crippen LogP contribution in [0.15, 0.2) is 18.2 Å². The van der Waals surface area contributed by atoms with Gasteiger partial charge in [0.1, 0.15) is 5.82 Å². The fourth-order valence-electron chi connectivity index (χ4n) is 1.41. The Labute approximate surface area is 86.8 Å². The molecule has 0 aliphatic rings. The highest BCUT2D eigenvalue weighted by Gasteiger charge is 1.92. The van der Waals surface area contributed by atoms with Crippen molar-refractivity contribution >= 4 is 5.82 Å². The van der Waals surface area contributed by atoms with Crippen LogP contribution < -0.4 is 5.32 Å². The van der Waals surface area contributed by atoms with Gasteiger partial charge in [-0.05, 0) is 25.5 Å². The van der Waals surface area contributed by atoms with Crippen LogP contribution in [-0.4, -0.2) is 11.5 Å². The molecule has 1 aromatic heterocycles. The smallest absolute Gasteiger partial charge is 0.126 e. The van der Waals surface area contributed by atoms with Gasteiger partial charge >= 0.3 is 0 Å². The van der Waals surface area contributed by atoms with Crippen molar-refractivity contribution in [3.05, 3.63) is 23.9 Å². The monoisotopic (exact) mass is 192 g/mol. The van der Waals surface area contributed by atoms with E-state index < -0.39 is 0 Å². The standard InChI is InChI=1S/C12H20N2/c1-3-4-5-6-10-13-12-9-7-8-11(2)14-12/h7-9H,3-6,10H2,1-2H3,(H,13,14). The number of anilines is 1. The van der Waals surface area contributed by atoms with Gasteiger partial charge in [0.05, 0.1) is 0 Å². The average molecular weight is 192 g/mol. The first-order chi connectivity index (χ1) is 6.83. The van der Waals surface area contributed by atoms with Gasteiger partial charge in [-0.1, -0.05) is 32.3 Å². The van der Waals surface area contributed by atoms with Gasteiger partial charge in [-0.2, -0.15) is 0 Å². The van der Waals surface area contributed by atoms with Gasteiger partial charge in [-0.3, -0.25) is 0 Å². The first-order valence-corrected chi connectivity index (χ1v) is 5.50. The summed E-state index contributed by atoms with van der Waals surface area (Å²) in [6.45, 7) is 5.29. The minimum Gasteiger partial charge on any atom is -0.370 e. The second kappa shape index (κ2) is 6.41. The van der Waals surface area contributed by atoms with Crippen molar-refractivity contribution in [3.8, 4) is 0 Å². The Hall–Kier alpha value is -1.05. The highest BCUT2D eigenvalue weighted by molar-refractivity contribution is 5.34. The summed E-state index contributed by atoms with van der Waals surface area (Å²) >= 11 is 0. The molecule has 0 aromatic carbocycles. The van der Waals surface area contributed by atoms with Crippen molar-refractivity contribution in [3.63, 3.8) is 0 Å². The summed E-state index contributed by atoms with van der Waals surface area (Å²) in [7, 11) is 0. The number of nitrogens with one attached hydrogen (secondary N) is 1. The second-order valence-electron chi connectivity index (χ2n) is 3.65. The Bertz CT molecular complexity index is 258. The summed E-state index contributed by atoms with van der Waals surface area (Å²) in [5.74, 6) is 1.00. The van der Waals surface area contributed by atoms with E-state index in [9.17, 15) is 0 Å². The fourth-order valence-corrected chi connectivity index (χ4v) is 1.41. The summed E-state index contributed by atoms with van der Waals surface area (Å²) in [6.07, 6.45) is 5.18. The van der Waals surface area contributed by atoms with Crippen LogP contribution in [0.1, 0.15) is 38.3 Å². The van der Waals surface area contributed by atoms with E-state index >= 15 is 0 Å². The lowest BCUT2D eigenvalue weighted by Crippen LogP contribution is -2.03. The molecule has 1 rings (SSSR count). The van der Waals surface area contributed by atoms with Gasteiger partial charge in [-0.25, -0.2) is 4.98 Å². The quantitative estimate of drug-likeness (QED) is 0.699. The maximum atomic E-state index is 4.38. The topological polar surface area (TPSA) is 24.9 Å². The SMILES string of the molecule is CCCCCCNc1cccc(C)n1. The molecule has 14 heavy (non-hydrogen) atoms. The first-order valence-electron chi connectivity index (χ1n) is 5.50. The molecule has 1 heterocycles. The number of aromatic nitrogens is 1. The van der Waals surface area contributed by atoms with E-state index in [1.165, 1.54) is 25.7 Å². The van der Waals surface area contributed by atoms with Crippen molar-refractivity contribution in [2.45, 2.75) is 39.5 Å². The molecule has 0 fully saturated rings. The van der Waals surface area contributed by atoms with E-state index in [1.807, 2.05) is 25.1 Å². The molecule has 0 aliphatic carbocycles. The molecule has 2 nitrogen and oxygen atoms in total. The molecule has 0 bridgehead atoms. The number of hydrogen-bond donors (Lipinski definition) is 1. The maximum Gasteiger partial charge on any atom is 0.126 e. The van der Waals surface area contributed by atoms with Crippen LogP contribution in [0.2, 0.25) is 0 Å². The molecule has 0 atom stereocenters. The summed E-state index contributed by atoms with van der Waals surface area (Å²) < 4.78 is 0. The molecule has 0 unspecified atom stereocenters. The lowest BCUT2D eigenvalue weighted by molar-refractivity contribution is 0.684. The largest absolute Gasteiger partial charge is 0.370 e. The lowest BCUT2D eigenvalue weighted by Gasteiger charge is -2.05. The zero-order chi connectivity index (χ0) is 10.2.